The van der Waals surface area contributed by atoms with Crippen LogP contribution >= 0.6 is 23.4 Å². The summed E-state index contributed by atoms with van der Waals surface area (Å²) in [5.41, 5.74) is 5.60. The van der Waals surface area contributed by atoms with E-state index in [1.807, 2.05) is 49.4 Å². The van der Waals surface area contributed by atoms with Crippen LogP contribution in [-0.2, 0) is 11.2 Å². The van der Waals surface area contributed by atoms with Crippen molar-refractivity contribution < 1.29 is 4.79 Å². The van der Waals surface area contributed by atoms with Gasteiger partial charge in [0, 0.05) is 9.92 Å². The fourth-order valence-electron chi connectivity index (χ4n) is 2.12. The van der Waals surface area contributed by atoms with Crippen molar-refractivity contribution in [3.05, 3.63) is 64.2 Å². The van der Waals surface area contributed by atoms with E-state index in [2.05, 4.69) is 17.5 Å². The van der Waals surface area contributed by atoms with Gasteiger partial charge in [0.05, 0.1) is 12.6 Å². The summed E-state index contributed by atoms with van der Waals surface area (Å²) in [7, 11) is 0. The molecule has 0 aliphatic heterocycles. The highest BCUT2D eigenvalue weighted by Crippen LogP contribution is 2.26. The Kier molecular flexibility index (Phi) is 6.68. The van der Waals surface area contributed by atoms with E-state index in [-0.39, 0.29) is 12.3 Å². The van der Waals surface area contributed by atoms with Crippen LogP contribution in [0.5, 0.6) is 0 Å². The largest absolute Gasteiger partial charge is 0.273 e. The first-order valence-electron chi connectivity index (χ1n) is 7.38. The molecule has 2 rings (SSSR count). The van der Waals surface area contributed by atoms with E-state index in [1.54, 1.807) is 18.0 Å². The molecule has 120 valence electrons. The first-order chi connectivity index (χ1) is 11.1. The van der Waals surface area contributed by atoms with Gasteiger partial charge in [0.2, 0.25) is 5.91 Å². The fraction of sp³-hybridized carbons (Fsp3) is 0.222. The lowest BCUT2D eigenvalue weighted by molar-refractivity contribution is -0.120. The molecule has 0 unspecified atom stereocenters. The maximum atomic E-state index is 12.1. The van der Waals surface area contributed by atoms with Crippen molar-refractivity contribution in [3.63, 3.8) is 0 Å². The Morgan fingerprint density at radius 1 is 1.30 bits per heavy atom. The smallest absolute Gasteiger partial charge is 0.244 e. The lowest BCUT2D eigenvalue weighted by Gasteiger charge is -2.08. The number of carbonyl (C=O) groups is 1. The minimum atomic E-state index is -0.158. The van der Waals surface area contributed by atoms with Crippen LogP contribution < -0.4 is 5.43 Å². The van der Waals surface area contributed by atoms with Crippen molar-refractivity contribution in [2.24, 2.45) is 5.10 Å². The molecule has 23 heavy (non-hydrogen) atoms. The standard InChI is InChI=1S/C18H19ClN2OS/c1-3-23-17-8-7-16(19)10-15(17)11-18(22)21-20-12-14-6-4-5-13(2)9-14/h4-10,12H,3,11H2,1-2H3,(H,21,22)/b20-12-. The molecule has 0 saturated carbocycles. The lowest BCUT2D eigenvalue weighted by atomic mass is 10.1. The molecule has 0 bridgehead atoms. The quantitative estimate of drug-likeness (QED) is 0.477. The van der Waals surface area contributed by atoms with Crippen LogP contribution in [0.3, 0.4) is 0 Å². The Morgan fingerprint density at radius 2 is 2.13 bits per heavy atom. The van der Waals surface area contributed by atoms with Gasteiger partial charge in [0.15, 0.2) is 0 Å². The molecule has 2 aromatic carbocycles. The highest BCUT2D eigenvalue weighted by molar-refractivity contribution is 7.99. The number of nitrogens with zero attached hydrogens (tertiary/aromatic N) is 1. The van der Waals surface area contributed by atoms with Gasteiger partial charge < -0.3 is 0 Å². The second-order valence-corrected chi connectivity index (χ2v) is 6.81. The summed E-state index contributed by atoms with van der Waals surface area (Å²) in [6, 6.07) is 13.5. The summed E-state index contributed by atoms with van der Waals surface area (Å²) >= 11 is 7.73. The summed E-state index contributed by atoms with van der Waals surface area (Å²) in [5, 5.41) is 4.65. The minimum absolute atomic E-state index is 0.158. The minimum Gasteiger partial charge on any atom is -0.273 e. The van der Waals surface area contributed by atoms with Gasteiger partial charge in [-0.15, -0.1) is 11.8 Å². The molecule has 0 fully saturated rings. The molecule has 0 aromatic heterocycles. The average molecular weight is 347 g/mol. The third kappa shape index (κ3) is 5.73. The van der Waals surface area contributed by atoms with E-state index >= 15 is 0 Å². The predicted octanol–water partition coefficient (Wildman–Crippen LogP) is 4.45. The number of aryl methyl sites for hydroxylation is 1. The first-order valence-corrected chi connectivity index (χ1v) is 8.74. The fourth-order valence-corrected chi connectivity index (χ4v) is 3.11. The molecule has 2 aromatic rings. The third-order valence-corrected chi connectivity index (χ3v) is 4.35. The van der Waals surface area contributed by atoms with Crippen LogP contribution in [0.2, 0.25) is 5.02 Å². The molecule has 0 aliphatic rings. The van der Waals surface area contributed by atoms with Gasteiger partial charge in [0.25, 0.3) is 0 Å². The normalized spacial score (nSPS) is 10.9. The number of rotatable bonds is 6. The molecule has 0 atom stereocenters. The molecule has 0 spiro atoms. The van der Waals surface area contributed by atoms with Crippen molar-refractivity contribution >= 4 is 35.5 Å². The van der Waals surface area contributed by atoms with Gasteiger partial charge in [-0.25, -0.2) is 5.43 Å². The average Bonchev–Trinajstić information content (AvgIpc) is 2.50. The summed E-state index contributed by atoms with van der Waals surface area (Å²) < 4.78 is 0. The maximum Gasteiger partial charge on any atom is 0.244 e. The molecular formula is C18H19ClN2OS. The number of nitrogens with one attached hydrogen (secondary N) is 1. The van der Waals surface area contributed by atoms with E-state index in [0.717, 1.165) is 27.3 Å². The van der Waals surface area contributed by atoms with Crippen molar-refractivity contribution in [2.75, 3.05) is 5.75 Å². The first kappa shape index (κ1) is 17.6. The number of hydrogen-bond acceptors (Lipinski definition) is 3. The molecule has 0 heterocycles. The molecule has 3 nitrogen and oxygen atoms in total. The van der Waals surface area contributed by atoms with Crippen molar-refractivity contribution in [3.8, 4) is 0 Å². The van der Waals surface area contributed by atoms with Crippen molar-refractivity contribution in [2.45, 2.75) is 25.2 Å². The molecule has 0 saturated heterocycles. The van der Waals surface area contributed by atoms with Gasteiger partial charge in [-0.2, -0.15) is 5.10 Å². The maximum absolute atomic E-state index is 12.1. The zero-order valence-electron chi connectivity index (χ0n) is 13.2. The van der Waals surface area contributed by atoms with E-state index in [4.69, 9.17) is 11.6 Å². The van der Waals surface area contributed by atoms with Crippen LogP contribution in [0, 0.1) is 6.92 Å². The second-order valence-electron chi connectivity index (χ2n) is 5.07. The Labute approximate surface area is 146 Å². The molecule has 5 heteroatoms. The number of carbonyl (C=O) groups excluding carboxylic acids is 1. The number of hydrazone groups is 1. The number of thioether (sulfide) groups is 1. The number of amides is 1. The summed E-state index contributed by atoms with van der Waals surface area (Å²) in [6.07, 6.45) is 1.90. The van der Waals surface area contributed by atoms with Gasteiger partial charge >= 0.3 is 0 Å². The third-order valence-electron chi connectivity index (χ3n) is 3.12. The Bertz CT molecular complexity index is 716. The van der Waals surface area contributed by atoms with Gasteiger partial charge in [-0.1, -0.05) is 48.4 Å². The van der Waals surface area contributed by atoms with Crippen LogP contribution in [0.15, 0.2) is 52.5 Å². The van der Waals surface area contributed by atoms with Crippen LogP contribution in [-0.4, -0.2) is 17.9 Å². The summed E-state index contributed by atoms with van der Waals surface area (Å²) in [5.74, 6) is 0.788. The van der Waals surface area contributed by atoms with Crippen LogP contribution in [0.4, 0.5) is 0 Å². The molecule has 0 radical (unpaired) electrons. The Morgan fingerprint density at radius 3 is 2.87 bits per heavy atom. The SMILES string of the molecule is CCSc1ccc(Cl)cc1CC(=O)N/N=C\c1cccc(C)c1. The van der Waals surface area contributed by atoms with Crippen LogP contribution in [0.25, 0.3) is 0 Å². The Hall–Kier alpha value is -1.78. The van der Waals surface area contributed by atoms with Crippen molar-refractivity contribution in [1.29, 1.82) is 0 Å². The molecule has 0 aliphatic carbocycles. The number of hydrogen-bond donors (Lipinski definition) is 1. The highest BCUT2D eigenvalue weighted by atomic mass is 35.5. The van der Waals surface area contributed by atoms with E-state index in [9.17, 15) is 4.79 Å². The van der Waals surface area contributed by atoms with Crippen LogP contribution in [0.1, 0.15) is 23.6 Å². The Balaban J connectivity index is 1.98. The zero-order valence-corrected chi connectivity index (χ0v) is 14.7. The molecular weight excluding hydrogens is 328 g/mol. The zero-order chi connectivity index (χ0) is 16.7. The van der Waals surface area contributed by atoms with E-state index in [0.29, 0.717) is 5.02 Å². The van der Waals surface area contributed by atoms with Gasteiger partial charge in [0.1, 0.15) is 0 Å². The second kappa shape index (κ2) is 8.75. The predicted molar refractivity (Wildman–Crippen MR) is 98.5 cm³/mol. The molecule has 1 N–H and O–H groups in total. The van der Waals surface area contributed by atoms with Gasteiger partial charge in [-0.05, 0) is 42.0 Å². The molecule has 1 amide bonds. The lowest BCUT2D eigenvalue weighted by Crippen LogP contribution is -2.20. The number of benzene rings is 2. The topological polar surface area (TPSA) is 41.5 Å². The number of halogens is 1. The summed E-state index contributed by atoms with van der Waals surface area (Å²) in [6.45, 7) is 4.09. The van der Waals surface area contributed by atoms with E-state index < -0.39 is 0 Å². The van der Waals surface area contributed by atoms with Crippen molar-refractivity contribution in [1.82, 2.24) is 5.43 Å². The highest BCUT2D eigenvalue weighted by Gasteiger charge is 2.08. The monoisotopic (exact) mass is 346 g/mol. The summed E-state index contributed by atoms with van der Waals surface area (Å²) in [4.78, 5) is 13.1. The van der Waals surface area contributed by atoms with Gasteiger partial charge in [-0.3, -0.25) is 4.79 Å². The van der Waals surface area contributed by atoms with E-state index in [1.165, 1.54) is 0 Å².